The van der Waals surface area contributed by atoms with E-state index in [2.05, 4.69) is 6.58 Å². The van der Waals surface area contributed by atoms with Crippen LogP contribution in [0.3, 0.4) is 0 Å². The minimum atomic E-state index is -0.852. The first-order valence-electron chi connectivity index (χ1n) is 9.39. The maximum atomic E-state index is 12.7. The molecule has 29 heavy (non-hydrogen) atoms. The van der Waals surface area contributed by atoms with Gasteiger partial charge < -0.3 is 19.0 Å². The summed E-state index contributed by atoms with van der Waals surface area (Å²) in [5.41, 5.74) is -1.98. The fourth-order valence-electron chi connectivity index (χ4n) is 5.63. The Balaban J connectivity index is 0.00000240. The Morgan fingerprint density at radius 3 is 2.34 bits per heavy atom. The van der Waals surface area contributed by atoms with Crippen molar-refractivity contribution in [1.29, 1.82) is 0 Å². The van der Waals surface area contributed by atoms with Gasteiger partial charge in [0.25, 0.3) is 0 Å². The fourth-order valence-corrected chi connectivity index (χ4v) is 5.63. The summed E-state index contributed by atoms with van der Waals surface area (Å²) in [5, 5.41) is 0. The van der Waals surface area contributed by atoms with E-state index in [-0.39, 0.29) is 22.5 Å². The molecule has 1 aromatic carbocycles. The molecule has 3 aliphatic carbocycles. The first kappa shape index (κ1) is 21.6. The van der Waals surface area contributed by atoms with Gasteiger partial charge in [-0.05, 0) is 45.2 Å². The number of fused-ring (bicyclic) bond motifs is 1. The van der Waals surface area contributed by atoms with Crippen molar-refractivity contribution in [3.05, 3.63) is 48.0 Å². The summed E-state index contributed by atoms with van der Waals surface area (Å²) >= 11 is 0. The molecule has 4 atom stereocenters. The van der Waals surface area contributed by atoms with Crippen LogP contribution in [-0.4, -0.2) is 35.2 Å². The van der Waals surface area contributed by atoms with E-state index in [0.717, 1.165) is 0 Å². The van der Waals surface area contributed by atoms with Crippen molar-refractivity contribution in [1.82, 2.24) is 0 Å². The Kier molecular flexibility index (Phi) is 5.21. The van der Waals surface area contributed by atoms with Crippen molar-refractivity contribution in [3.63, 3.8) is 0 Å². The first-order chi connectivity index (χ1) is 13.2. The van der Waals surface area contributed by atoms with E-state index in [9.17, 15) is 14.4 Å². The molecular weight excluding hydrogens is 415 g/mol. The Morgan fingerprint density at radius 2 is 1.72 bits per heavy atom. The predicted octanol–water partition coefficient (Wildman–Crippen LogP) is 3.26. The van der Waals surface area contributed by atoms with Crippen LogP contribution in [0, 0.1) is 5.41 Å². The average molecular weight is 438 g/mol. The van der Waals surface area contributed by atoms with E-state index in [1.807, 2.05) is 13.0 Å². The zero-order valence-corrected chi connectivity index (χ0v) is 17.6. The standard InChI is InChI=1S/C22H23O6.Mn/c1-15(2)17(24)28-21-10-19(3,27-18(25)16-7-5-4-6-8-16)9-20(11-21)12-22(20,13-21)26-14-23;/h4-8H,1,9-13H2,2-3H3;/q-1;. The third-order valence-corrected chi connectivity index (χ3v) is 6.39. The van der Waals surface area contributed by atoms with Gasteiger partial charge in [-0.25, -0.2) is 9.59 Å². The second kappa shape index (κ2) is 6.99. The smallest absolute Gasteiger partial charge is 0.338 e. The Hall–Kier alpha value is -2.11. The van der Waals surface area contributed by atoms with Gasteiger partial charge in [-0.2, -0.15) is 0 Å². The maximum Gasteiger partial charge on any atom is 0.338 e. The summed E-state index contributed by atoms with van der Waals surface area (Å²) in [5.74, 6) is -0.906. The minimum absolute atomic E-state index is 0. The molecule has 3 fully saturated rings. The first-order valence-corrected chi connectivity index (χ1v) is 9.39. The van der Waals surface area contributed by atoms with Crippen molar-refractivity contribution >= 4 is 18.4 Å². The summed E-state index contributed by atoms with van der Waals surface area (Å²) in [6.45, 7) is 8.67. The van der Waals surface area contributed by atoms with E-state index in [1.165, 1.54) is 0 Å². The molecule has 0 saturated heterocycles. The number of benzene rings is 1. The Labute approximate surface area is 180 Å². The van der Waals surface area contributed by atoms with Crippen molar-refractivity contribution in [2.45, 2.75) is 62.8 Å². The van der Waals surface area contributed by atoms with E-state index in [1.54, 1.807) is 37.7 Å². The molecule has 4 unspecified atom stereocenters. The topological polar surface area (TPSA) is 78.9 Å². The van der Waals surface area contributed by atoms with Crippen LogP contribution >= 0.6 is 0 Å². The molecule has 3 aliphatic rings. The third-order valence-electron chi connectivity index (χ3n) is 6.39. The van der Waals surface area contributed by atoms with Crippen LogP contribution < -0.4 is 0 Å². The fraction of sp³-hybridized carbons (Fsp3) is 0.500. The predicted molar refractivity (Wildman–Crippen MR) is 98.9 cm³/mol. The van der Waals surface area contributed by atoms with Crippen molar-refractivity contribution in [2.24, 2.45) is 5.41 Å². The molecule has 4 rings (SSSR count). The molecule has 1 radical (unpaired) electrons. The summed E-state index contributed by atoms with van der Waals surface area (Å²) in [6.07, 6.45) is 2.54. The summed E-state index contributed by atoms with van der Waals surface area (Å²) in [6, 6.07) is 8.78. The Bertz CT molecular complexity index is 869. The van der Waals surface area contributed by atoms with Crippen LogP contribution in [0.2, 0.25) is 0 Å². The zero-order valence-electron chi connectivity index (χ0n) is 16.5. The van der Waals surface area contributed by atoms with Gasteiger partial charge >= 0.3 is 11.9 Å². The van der Waals surface area contributed by atoms with Crippen molar-refractivity contribution < 1.29 is 45.7 Å². The van der Waals surface area contributed by atoms with E-state index < -0.39 is 28.7 Å². The molecule has 0 N–H and O–H groups in total. The monoisotopic (exact) mass is 438 g/mol. The molecule has 155 valence electrons. The number of ether oxygens (including phenoxy) is 3. The van der Waals surface area contributed by atoms with Gasteiger partial charge in [0.15, 0.2) is 0 Å². The van der Waals surface area contributed by atoms with Gasteiger partial charge in [-0.1, -0.05) is 31.3 Å². The Morgan fingerprint density at radius 1 is 1.03 bits per heavy atom. The largest absolute Gasteiger partial charge is 0.648 e. The van der Waals surface area contributed by atoms with E-state index in [4.69, 9.17) is 14.2 Å². The normalized spacial score (nSPS) is 36.1. The number of hydrogen-bond acceptors (Lipinski definition) is 6. The number of carbonyl (C=O) groups is 2. The second-order valence-corrected chi connectivity index (χ2v) is 8.90. The van der Waals surface area contributed by atoms with Crippen molar-refractivity contribution in [3.8, 4) is 0 Å². The molecule has 6 nitrogen and oxygen atoms in total. The molecule has 0 aliphatic heterocycles. The minimum Gasteiger partial charge on any atom is -0.648 e. The van der Waals surface area contributed by atoms with Crippen LogP contribution in [0.15, 0.2) is 42.5 Å². The van der Waals surface area contributed by atoms with Crippen LogP contribution in [-0.2, 0) is 40.9 Å². The number of rotatable bonds is 6. The number of esters is 2. The molecule has 0 amide bonds. The third kappa shape index (κ3) is 3.51. The number of carbonyl (C=O) groups excluding carboxylic acids is 3. The van der Waals surface area contributed by atoms with Crippen LogP contribution in [0.4, 0.5) is 0 Å². The van der Waals surface area contributed by atoms with Crippen LogP contribution in [0.25, 0.3) is 0 Å². The molecule has 1 spiro atoms. The van der Waals surface area contributed by atoms with Gasteiger partial charge in [-0.15, -0.1) is 0 Å². The average Bonchev–Trinajstić information content (AvgIpc) is 3.09. The summed E-state index contributed by atoms with van der Waals surface area (Å²) < 4.78 is 17.1. The van der Waals surface area contributed by atoms with Gasteiger partial charge in [0, 0.05) is 40.9 Å². The molecule has 2 bridgehead atoms. The number of hydrogen-bond donors (Lipinski definition) is 0. The van der Waals surface area contributed by atoms with Crippen molar-refractivity contribution in [2.75, 3.05) is 0 Å². The molecule has 0 heterocycles. The zero-order chi connectivity index (χ0) is 20.2. The second-order valence-electron chi connectivity index (χ2n) is 8.90. The maximum absolute atomic E-state index is 12.7. The molecule has 0 aromatic heterocycles. The quantitative estimate of drug-likeness (QED) is 0.223. The summed E-state index contributed by atoms with van der Waals surface area (Å²) in [7, 11) is 0. The van der Waals surface area contributed by atoms with Gasteiger partial charge in [0.2, 0.25) is 0 Å². The van der Waals surface area contributed by atoms with Crippen LogP contribution in [0.5, 0.6) is 0 Å². The van der Waals surface area contributed by atoms with Crippen LogP contribution in [0.1, 0.15) is 56.3 Å². The van der Waals surface area contributed by atoms with E-state index >= 15 is 0 Å². The molecule has 7 heteroatoms. The van der Waals surface area contributed by atoms with Gasteiger partial charge in [0.1, 0.15) is 11.2 Å². The van der Waals surface area contributed by atoms with E-state index in [0.29, 0.717) is 43.2 Å². The van der Waals surface area contributed by atoms with Gasteiger partial charge in [0.05, 0.1) is 11.2 Å². The SMILES string of the molecule is C=C(C)C(=O)OC12CC(C)(OC(=O)c3ccccc3)CC3(C1)CC3(O[C-]=O)C2.[Mn]. The van der Waals surface area contributed by atoms with Gasteiger partial charge in [-0.3, -0.25) is 0 Å². The molecule has 1 aromatic rings. The summed E-state index contributed by atoms with van der Waals surface area (Å²) in [4.78, 5) is 35.9. The molecular formula is C22H23MnO6-. The molecule has 3 saturated carbocycles.